The van der Waals surface area contributed by atoms with Gasteiger partial charge in [0.05, 0.1) is 0 Å². The molecule has 0 aromatic heterocycles. The van der Waals surface area contributed by atoms with Crippen molar-refractivity contribution in [2.45, 2.75) is 6.54 Å². The van der Waals surface area contributed by atoms with E-state index in [1.807, 2.05) is 31.1 Å². The molecule has 0 spiro atoms. The number of hydrogen-bond donors (Lipinski definition) is 2. The summed E-state index contributed by atoms with van der Waals surface area (Å²) in [6.45, 7) is 5.02. The first-order valence-electron chi connectivity index (χ1n) is 4.89. The first-order chi connectivity index (χ1) is 7.04. The Balaban J connectivity index is 2.99. The predicted octanol–water partition coefficient (Wildman–Crippen LogP) is 1.43. The van der Waals surface area contributed by atoms with Crippen LogP contribution in [0.1, 0.15) is 11.1 Å². The largest absolute Gasteiger partial charge is 0.508 e. The molecule has 82 valence electrons. The summed E-state index contributed by atoms with van der Waals surface area (Å²) in [4.78, 5) is 2.00. The van der Waals surface area contributed by atoms with Crippen LogP contribution in [0.2, 0.25) is 0 Å². The average Bonchev–Trinajstić information content (AvgIpc) is 2.19. The smallest absolute Gasteiger partial charge is 0.120 e. The molecule has 0 saturated carbocycles. The minimum Gasteiger partial charge on any atom is -0.508 e. The molecule has 0 saturated heterocycles. The summed E-state index contributed by atoms with van der Waals surface area (Å²) in [6, 6.07) is 5.46. The second-order valence-electron chi connectivity index (χ2n) is 3.89. The summed E-state index contributed by atoms with van der Waals surface area (Å²) in [6.07, 6.45) is 0. The summed E-state index contributed by atoms with van der Waals surface area (Å²) in [5.41, 5.74) is 8.29. The van der Waals surface area contributed by atoms with E-state index in [1.165, 1.54) is 0 Å². The molecule has 0 unspecified atom stereocenters. The third-order valence-electron chi connectivity index (χ3n) is 2.22. The van der Waals surface area contributed by atoms with Crippen molar-refractivity contribution in [2.75, 3.05) is 20.6 Å². The van der Waals surface area contributed by atoms with E-state index in [9.17, 15) is 5.11 Å². The van der Waals surface area contributed by atoms with Crippen LogP contribution in [0.25, 0.3) is 5.57 Å². The zero-order valence-electron chi connectivity index (χ0n) is 9.33. The van der Waals surface area contributed by atoms with Crippen molar-refractivity contribution in [1.82, 2.24) is 4.90 Å². The number of hydrogen-bond acceptors (Lipinski definition) is 3. The van der Waals surface area contributed by atoms with Crippen LogP contribution in [0.5, 0.6) is 5.75 Å². The number of aromatic hydroxyl groups is 1. The molecule has 1 rings (SSSR count). The van der Waals surface area contributed by atoms with Crippen LogP contribution in [0, 0.1) is 0 Å². The highest BCUT2D eigenvalue weighted by Gasteiger charge is 2.05. The molecule has 3 N–H and O–H groups in total. The molecule has 0 aliphatic rings. The Labute approximate surface area is 90.8 Å². The van der Waals surface area contributed by atoms with Crippen molar-refractivity contribution in [3.63, 3.8) is 0 Å². The van der Waals surface area contributed by atoms with Crippen molar-refractivity contribution in [1.29, 1.82) is 0 Å². The molecule has 0 amide bonds. The SMILES string of the molecule is C=C(CN)c1ccc(O)c(CN(C)C)c1. The molecule has 1 aromatic rings. The summed E-state index contributed by atoms with van der Waals surface area (Å²) >= 11 is 0. The molecule has 3 heteroatoms. The van der Waals surface area contributed by atoms with E-state index in [-0.39, 0.29) is 0 Å². The monoisotopic (exact) mass is 206 g/mol. The van der Waals surface area contributed by atoms with Gasteiger partial charge in [-0.25, -0.2) is 0 Å². The Morgan fingerprint density at radius 3 is 2.67 bits per heavy atom. The van der Waals surface area contributed by atoms with E-state index in [0.29, 0.717) is 18.8 Å². The minimum atomic E-state index is 0.317. The molecule has 3 nitrogen and oxygen atoms in total. The number of rotatable bonds is 4. The van der Waals surface area contributed by atoms with Gasteiger partial charge in [0, 0.05) is 18.7 Å². The lowest BCUT2D eigenvalue weighted by atomic mass is 10.0. The quantitative estimate of drug-likeness (QED) is 0.783. The van der Waals surface area contributed by atoms with E-state index in [4.69, 9.17) is 5.73 Å². The fourth-order valence-corrected chi connectivity index (χ4v) is 1.39. The molecular formula is C12H18N2O. The van der Waals surface area contributed by atoms with Gasteiger partial charge in [-0.1, -0.05) is 12.6 Å². The lowest BCUT2D eigenvalue weighted by Gasteiger charge is -2.13. The van der Waals surface area contributed by atoms with E-state index in [2.05, 4.69) is 6.58 Å². The molecule has 1 aromatic carbocycles. The van der Waals surface area contributed by atoms with Gasteiger partial charge in [-0.3, -0.25) is 0 Å². The second kappa shape index (κ2) is 4.96. The summed E-state index contributed by atoms with van der Waals surface area (Å²) in [5, 5.41) is 9.65. The van der Waals surface area contributed by atoms with Gasteiger partial charge >= 0.3 is 0 Å². The van der Waals surface area contributed by atoms with Crippen LogP contribution in [-0.2, 0) is 6.54 Å². The number of phenolic OH excluding ortho intramolecular Hbond substituents is 1. The maximum absolute atomic E-state index is 9.65. The lowest BCUT2D eigenvalue weighted by Crippen LogP contribution is -2.11. The Bertz CT molecular complexity index is 359. The minimum absolute atomic E-state index is 0.317. The van der Waals surface area contributed by atoms with Crippen LogP contribution in [0.15, 0.2) is 24.8 Å². The average molecular weight is 206 g/mol. The van der Waals surface area contributed by atoms with Gasteiger partial charge in [-0.2, -0.15) is 0 Å². The number of benzene rings is 1. The van der Waals surface area contributed by atoms with Crippen molar-refractivity contribution in [2.24, 2.45) is 5.73 Å². The maximum atomic E-state index is 9.65. The zero-order valence-corrected chi connectivity index (χ0v) is 9.33. The van der Waals surface area contributed by atoms with Gasteiger partial charge in [0.1, 0.15) is 5.75 Å². The van der Waals surface area contributed by atoms with E-state index < -0.39 is 0 Å². The van der Waals surface area contributed by atoms with Crippen LogP contribution < -0.4 is 5.73 Å². The van der Waals surface area contributed by atoms with E-state index in [0.717, 1.165) is 16.7 Å². The van der Waals surface area contributed by atoms with Crippen molar-refractivity contribution in [3.05, 3.63) is 35.9 Å². The van der Waals surface area contributed by atoms with Gasteiger partial charge in [0.2, 0.25) is 0 Å². The second-order valence-corrected chi connectivity index (χ2v) is 3.89. The molecule has 0 atom stereocenters. The standard InChI is InChI=1S/C12H18N2O/c1-9(7-13)10-4-5-12(15)11(6-10)8-14(2)3/h4-6,15H,1,7-8,13H2,2-3H3. The third-order valence-corrected chi connectivity index (χ3v) is 2.22. The van der Waals surface area contributed by atoms with Crippen molar-refractivity contribution < 1.29 is 5.11 Å². The normalized spacial score (nSPS) is 10.7. The summed E-state index contributed by atoms with van der Waals surface area (Å²) in [7, 11) is 3.92. The Morgan fingerprint density at radius 1 is 1.47 bits per heavy atom. The Hall–Kier alpha value is -1.32. The molecule has 0 heterocycles. The first-order valence-corrected chi connectivity index (χ1v) is 4.89. The van der Waals surface area contributed by atoms with Crippen molar-refractivity contribution in [3.8, 4) is 5.75 Å². The topological polar surface area (TPSA) is 49.5 Å². The Morgan fingerprint density at radius 2 is 2.13 bits per heavy atom. The summed E-state index contributed by atoms with van der Waals surface area (Å²) in [5.74, 6) is 0.317. The van der Waals surface area contributed by atoms with Crippen molar-refractivity contribution >= 4 is 5.57 Å². The lowest BCUT2D eigenvalue weighted by molar-refractivity contribution is 0.386. The summed E-state index contributed by atoms with van der Waals surface area (Å²) < 4.78 is 0. The predicted molar refractivity (Wildman–Crippen MR) is 63.6 cm³/mol. The molecule has 0 aliphatic heterocycles. The molecule has 0 bridgehead atoms. The molecular weight excluding hydrogens is 188 g/mol. The van der Waals surface area contributed by atoms with E-state index in [1.54, 1.807) is 6.07 Å². The highest BCUT2D eigenvalue weighted by atomic mass is 16.3. The number of nitrogens with two attached hydrogens (primary N) is 1. The highest BCUT2D eigenvalue weighted by Crippen LogP contribution is 2.22. The van der Waals surface area contributed by atoms with Crippen LogP contribution in [-0.4, -0.2) is 30.6 Å². The van der Waals surface area contributed by atoms with Gasteiger partial charge in [0.25, 0.3) is 0 Å². The molecule has 0 aliphatic carbocycles. The molecule has 15 heavy (non-hydrogen) atoms. The highest BCUT2D eigenvalue weighted by molar-refractivity contribution is 5.66. The number of phenols is 1. The fraction of sp³-hybridized carbons (Fsp3) is 0.333. The Kier molecular flexibility index (Phi) is 3.88. The maximum Gasteiger partial charge on any atom is 0.120 e. The van der Waals surface area contributed by atoms with Crippen LogP contribution >= 0.6 is 0 Å². The van der Waals surface area contributed by atoms with Gasteiger partial charge in [0.15, 0.2) is 0 Å². The zero-order chi connectivity index (χ0) is 11.4. The number of nitrogens with zero attached hydrogens (tertiary/aromatic N) is 1. The van der Waals surface area contributed by atoms with Gasteiger partial charge in [-0.15, -0.1) is 0 Å². The van der Waals surface area contributed by atoms with E-state index >= 15 is 0 Å². The molecule has 0 radical (unpaired) electrons. The third kappa shape index (κ3) is 3.08. The van der Waals surface area contributed by atoms with Crippen LogP contribution in [0.3, 0.4) is 0 Å². The molecule has 0 fully saturated rings. The first kappa shape index (κ1) is 11.8. The van der Waals surface area contributed by atoms with Gasteiger partial charge in [-0.05, 0) is 37.4 Å². The van der Waals surface area contributed by atoms with Gasteiger partial charge < -0.3 is 15.7 Å². The fourth-order valence-electron chi connectivity index (χ4n) is 1.39. The van der Waals surface area contributed by atoms with Crippen LogP contribution in [0.4, 0.5) is 0 Å².